The van der Waals surface area contributed by atoms with Crippen molar-refractivity contribution in [2.24, 2.45) is 0 Å². The summed E-state index contributed by atoms with van der Waals surface area (Å²) >= 11 is 0. The van der Waals surface area contributed by atoms with Gasteiger partial charge in [0.05, 0.1) is 23.0 Å². The molecule has 0 aliphatic carbocycles. The highest BCUT2D eigenvalue weighted by Crippen LogP contribution is 2.43. The normalized spacial score (nSPS) is 17.4. The quantitative estimate of drug-likeness (QED) is 0.321. The van der Waals surface area contributed by atoms with Gasteiger partial charge in [0.1, 0.15) is 12.4 Å². The summed E-state index contributed by atoms with van der Waals surface area (Å²) in [5, 5.41) is 10.1. The molecule has 2 atom stereocenters. The minimum Gasteiger partial charge on any atom is -0.461 e. The number of hydrogen-bond acceptors (Lipinski definition) is 5. The van der Waals surface area contributed by atoms with E-state index in [0.717, 1.165) is 46.3 Å². The van der Waals surface area contributed by atoms with Crippen LogP contribution in [-0.2, 0) is 38.2 Å². The fraction of sp³-hybridized carbons (Fsp3) is 0.296. The minimum absolute atomic E-state index is 0.0103. The molecule has 0 spiro atoms. The largest absolute Gasteiger partial charge is 0.461 e. The van der Waals surface area contributed by atoms with E-state index in [1.807, 2.05) is 6.07 Å². The van der Waals surface area contributed by atoms with Crippen LogP contribution in [0.15, 0.2) is 77.7 Å². The Balaban J connectivity index is 1.69. The second-order valence-electron chi connectivity index (χ2n) is 9.21. The number of carbonyl (C=O) groups is 1. The summed E-state index contributed by atoms with van der Waals surface area (Å²) in [6.07, 6.45) is -5.01. The third-order valence-electron chi connectivity index (χ3n) is 6.52. The maximum Gasteiger partial charge on any atom is 0.421 e. The molecule has 1 aliphatic rings. The number of hydrogen-bond donors (Lipinski definition) is 1. The maximum absolute atomic E-state index is 13.7. The van der Waals surface area contributed by atoms with Crippen molar-refractivity contribution in [3.05, 3.63) is 95.3 Å². The fourth-order valence-corrected chi connectivity index (χ4v) is 6.04. The Kier molecular flexibility index (Phi) is 7.53. The van der Waals surface area contributed by atoms with Crippen LogP contribution in [0.2, 0.25) is 0 Å². The first-order chi connectivity index (χ1) is 17.8. The summed E-state index contributed by atoms with van der Waals surface area (Å²) in [6.45, 7) is 0.611. The van der Waals surface area contributed by atoms with Crippen molar-refractivity contribution in [2.75, 3.05) is 4.31 Å². The third kappa shape index (κ3) is 5.53. The Bertz CT molecular complexity index is 1410. The lowest BCUT2D eigenvalue weighted by Gasteiger charge is -2.38. The fourth-order valence-electron chi connectivity index (χ4n) is 4.32. The topological polar surface area (TPSA) is 83.9 Å². The number of aliphatic hydroxyl groups is 1. The highest BCUT2D eigenvalue weighted by molar-refractivity contribution is 7.92. The third-order valence-corrected chi connectivity index (χ3v) is 8.41. The molecule has 0 saturated carbocycles. The lowest BCUT2D eigenvalue weighted by atomic mass is 9.89. The van der Waals surface area contributed by atoms with Crippen LogP contribution in [0.4, 0.5) is 23.2 Å². The molecule has 0 aromatic heterocycles. The van der Waals surface area contributed by atoms with Gasteiger partial charge in [-0.25, -0.2) is 12.8 Å². The molecule has 3 aromatic carbocycles. The molecule has 1 heterocycles. The molecule has 38 heavy (non-hydrogen) atoms. The molecule has 0 fully saturated rings. The molecule has 6 nitrogen and oxygen atoms in total. The molecule has 1 N–H and O–H groups in total. The van der Waals surface area contributed by atoms with Gasteiger partial charge >= 0.3 is 12.1 Å². The molecule has 0 radical (unpaired) electrons. The van der Waals surface area contributed by atoms with E-state index in [-0.39, 0.29) is 42.0 Å². The summed E-state index contributed by atoms with van der Waals surface area (Å²) in [5.41, 5.74) is -2.52. The van der Waals surface area contributed by atoms with Crippen molar-refractivity contribution < 1.29 is 40.6 Å². The number of fused-ring (bicyclic) bond motifs is 1. The highest BCUT2D eigenvalue weighted by atomic mass is 32.2. The van der Waals surface area contributed by atoms with Gasteiger partial charge in [0.15, 0.2) is 5.60 Å². The number of nitrogens with zero attached hydrogens (tertiary/aromatic N) is 1. The van der Waals surface area contributed by atoms with E-state index < -0.39 is 45.2 Å². The lowest BCUT2D eigenvalue weighted by Crippen LogP contribution is -2.45. The number of carbonyl (C=O) groups excluding carboxylic acids is 1. The molecule has 3 aromatic rings. The van der Waals surface area contributed by atoms with Crippen molar-refractivity contribution >= 4 is 21.7 Å². The molecular formula is C27H25F4NO5S. The SMILES string of the molecule is CC(O)(c1ccc2c(c1)CC[C@@H](CC(=O)OCc1ccccc1)N2S(=O)(=O)c1ccc(F)cc1)C(F)(F)F. The van der Waals surface area contributed by atoms with Gasteiger partial charge in [-0.05, 0) is 66.8 Å². The van der Waals surface area contributed by atoms with Crippen LogP contribution in [0.3, 0.4) is 0 Å². The van der Waals surface area contributed by atoms with Gasteiger partial charge in [0.2, 0.25) is 0 Å². The van der Waals surface area contributed by atoms with Gasteiger partial charge in [-0.3, -0.25) is 9.10 Å². The van der Waals surface area contributed by atoms with Gasteiger partial charge in [-0.2, -0.15) is 13.2 Å². The number of alkyl halides is 3. The van der Waals surface area contributed by atoms with Gasteiger partial charge in [0.25, 0.3) is 10.0 Å². The van der Waals surface area contributed by atoms with Crippen LogP contribution < -0.4 is 4.31 Å². The van der Waals surface area contributed by atoms with E-state index in [2.05, 4.69) is 0 Å². The van der Waals surface area contributed by atoms with Crippen LogP contribution in [0, 0.1) is 5.82 Å². The number of aryl methyl sites for hydroxylation is 1. The molecule has 11 heteroatoms. The summed E-state index contributed by atoms with van der Waals surface area (Å²) < 4.78 is 87.5. The van der Waals surface area contributed by atoms with E-state index in [0.29, 0.717) is 6.92 Å². The first kappa shape index (κ1) is 27.6. The number of halogens is 4. The summed E-state index contributed by atoms with van der Waals surface area (Å²) in [6, 6.07) is 15.4. The van der Waals surface area contributed by atoms with Crippen molar-refractivity contribution in [2.45, 2.75) is 55.5 Å². The number of sulfonamides is 1. The van der Waals surface area contributed by atoms with Crippen molar-refractivity contribution in [1.29, 1.82) is 0 Å². The Hall–Kier alpha value is -3.44. The number of anilines is 1. The second kappa shape index (κ2) is 10.4. The second-order valence-corrected chi connectivity index (χ2v) is 11.0. The molecule has 1 unspecified atom stereocenters. The maximum atomic E-state index is 13.7. The van der Waals surface area contributed by atoms with Crippen LogP contribution in [0.5, 0.6) is 0 Å². The Labute approximate surface area is 217 Å². The van der Waals surface area contributed by atoms with Crippen molar-refractivity contribution in [3.63, 3.8) is 0 Å². The van der Waals surface area contributed by atoms with E-state index in [4.69, 9.17) is 4.74 Å². The van der Waals surface area contributed by atoms with Gasteiger partial charge in [-0.1, -0.05) is 42.5 Å². The lowest BCUT2D eigenvalue weighted by molar-refractivity contribution is -0.258. The minimum atomic E-state index is -4.96. The average Bonchev–Trinajstić information content (AvgIpc) is 2.87. The number of esters is 1. The molecule has 202 valence electrons. The van der Waals surface area contributed by atoms with E-state index in [9.17, 15) is 35.9 Å². The van der Waals surface area contributed by atoms with E-state index in [1.165, 1.54) is 6.07 Å². The number of ether oxygens (including phenoxy) is 1. The van der Waals surface area contributed by atoms with Crippen LogP contribution in [0.25, 0.3) is 0 Å². The van der Waals surface area contributed by atoms with E-state index in [1.54, 1.807) is 24.3 Å². The Morgan fingerprint density at radius 2 is 1.71 bits per heavy atom. The average molecular weight is 552 g/mol. The van der Waals surface area contributed by atoms with Gasteiger partial charge in [-0.15, -0.1) is 0 Å². The first-order valence-electron chi connectivity index (χ1n) is 11.7. The van der Waals surface area contributed by atoms with Crippen LogP contribution >= 0.6 is 0 Å². The predicted molar refractivity (Wildman–Crippen MR) is 131 cm³/mol. The summed E-state index contributed by atoms with van der Waals surface area (Å²) in [7, 11) is -4.36. The molecule has 0 amide bonds. The van der Waals surface area contributed by atoms with Crippen molar-refractivity contribution in [1.82, 2.24) is 0 Å². The molecule has 4 rings (SSSR count). The monoisotopic (exact) mass is 551 g/mol. The van der Waals surface area contributed by atoms with Crippen LogP contribution in [0.1, 0.15) is 36.5 Å². The molecule has 0 saturated heterocycles. The number of benzene rings is 3. The zero-order valence-electron chi connectivity index (χ0n) is 20.3. The summed E-state index contributed by atoms with van der Waals surface area (Å²) in [5.74, 6) is -1.30. The first-order valence-corrected chi connectivity index (χ1v) is 13.2. The molecule has 1 aliphatic heterocycles. The zero-order valence-corrected chi connectivity index (χ0v) is 21.1. The summed E-state index contributed by atoms with van der Waals surface area (Å²) in [4.78, 5) is 12.4. The van der Waals surface area contributed by atoms with Crippen LogP contribution in [-0.4, -0.2) is 31.7 Å². The Morgan fingerprint density at radius 1 is 1.05 bits per heavy atom. The zero-order chi connectivity index (χ0) is 27.7. The van der Waals surface area contributed by atoms with Gasteiger partial charge < -0.3 is 9.84 Å². The molecular weight excluding hydrogens is 526 g/mol. The number of rotatable bonds is 7. The van der Waals surface area contributed by atoms with E-state index >= 15 is 0 Å². The predicted octanol–water partition coefficient (Wildman–Crippen LogP) is 5.24. The van der Waals surface area contributed by atoms with Gasteiger partial charge in [0, 0.05) is 0 Å². The van der Waals surface area contributed by atoms with Crippen molar-refractivity contribution in [3.8, 4) is 0 Å². The molecule has 0 bridgehead atoms. The standard InChI is InChI=1S/C27H25F4NO5S/c1-26(34,27(29,30)31)20-8-14-24-19(15-20)7-11-22(16-25(33)37-17-18-5-3-2-4-6-18)32(24)38(35,36)23-12-9-21(28)10-13-23/h2-6,8-10,12-15,22,34H,7,11,16-17H2,1H3/t22-,26?/m0/s1. The highest BCUT2D eigenvalue weighted by Gasteiger charge is 2.51. The Morgan fingerprint density at radius 3 is 2.34 bits per heavy atom. The smallest absolute Gasteiger partial charge is 0.421 e.